The van der Waals surface area contributed by atoms with Crippen molar-refractivity contribution in [3.8, 4) is 0 Å². The van der Waals surface area contributed by atoms with Crippen LogP contribution in [0.3, 0.4) is 0 Å². The molecular formula is C14H29ClN2. The summed E-state index contributed by atoms with van der Waals surface area (Å²) in [7, 11) is 2.09. The van der Waals surface area contributed by atoms with Crippen molar-refractivity contribution in [2.45, 2.75) is 52.0 Å². The summed E-state index contributed by atoms with van der Waals surface area (Å²) in [4.78, 5) is 2.67. The van der Waals surface area contributed by atoms with Crippen LogP contribution in [0.4, 0.5) is 0 Å². The van der Waals surface area contributed by atoms with E-state index in [9.17, 15) is 0 Å². The number of likely N-dealkylation sites (tertiary alicyclic amines) is 1. The molecule has 0 amide bonds. The van der Waals surface area contributed by atoms with Gasteiger partial charge < -0.3 is 10.2 Å². The van der Waals surface area contributed by atoms with Crippen molar-refractivity contribution in [3.63, 3.8) is 0 Å². The van der Waals surface area contributed by atoms with E-state index in [-0.39, 0.29) is 12.4 Å². The van der Waals surface area contributed by atoms with Gasteiger partial charge in [0.15, 0.2) is 0 Å². The van der Waals surface area contributed by atoms with Crippen LogP contribution in [0, 0.1) is 11.3 Å². The van der Waals surface area contributed by atoms with Crippen molar-refractivity contribution < 1.29 is 0 Å². The molecule has 3 heteroatoms. The first kappa shape index (κ1) is 15.3. The van der Waals surface area contributed by atoms with Crippen LogP contribution in [0.2, 0.25) is 0 Å². The minimum absolute atomic E-state index is 0. The van der Waals surface area contributed by atoms with Gasteiger partial charge in [0, 0.05) is 19.1 Å². The SMILES string of the molecule is CNC1CCN(CC2CCC(C)(C)CC2)C1.Cl. The van der Waals surface area contributed by atoms with Gasteiger partial charge in [-0.1, -0.05) is 13.8 Å². The van der Waals surface area contributed by atoms with Gasteiger partial charge in [0.2, 0.25) is 0 Å². The second kappa shape index (κ2) is 6.40. The summed E-state index contributed by atoms with van der Waals surface area (Å²) in [6.07, 6.45) is 7.11. The van der Waals surface area contributed by atoms with E-state index in [4.69, 9.17) is 0 Å². The third-order valence-electron chi connectivity index (χ3n) is 4.66. The molecule has 0 bridgehead atoms. The molecule has 0 radical (unpaired) electrons. The average molecular weight is 261 g/mol. The normalized spacial score (nSPS) is 30.2. The number of hydrogen-bond donors (Lipinski definition) is 1. The van der Waals surface area contributed by atoms with E-state index in [1.54, 1.807) is 0 Å². The van der Waals surface area contributed by atoms with Crippen LogP contribution in [-0.2, 0) is 0 Å². The molecule has 1 N–H and O–H groups in total. The van der Waals surface area contributed by atoms with Crippen LogP contribution in [-0.4, -0.2) is 37.6 Å². The average Bonchev–Trinajstić information content (AvgIpc) is 2.69. The van der Waals surface area contributed by atoms with Crippen LogP contribution >= 0.6 is 12.4 Å². The molecule has 0 aromatic rings. The van der Waals surface area contributed by atoms with Gasteiger partial charge in [-0.2, -0.15) is 0 Å². The minimum atomic E-state index is 0. The molecule has 0 aromatic heterocycles. The molecule has 0 spiro atoms. The van der Waals surface area contributed by atoms with Gasteiger partial charge in [0.25, 0.3) is 0 Å². The maximum atomic E-state index is 3.40. The first-order valence-corrected chi connectivity index (χ1v) is 6.99. The highest BCUT2D eigenvalue weighted by molar-refractivity contribution is 5.85. The van der Waals surface area contributed by atoms with E-state index >= 15 is 0 Å². The van der Waals surface area contributed by atoms with Crippen LogP contribution < -0.4 is 5.32 Å². The number of rotatable bonds is 3. The molecule has 2 fully saturated rings. The van der Waals surface area contributed by atoms with Gasteiger partial charge in [0.1, 0.15) is 0 Å². The summed E-state index contributed by atoms with van der Waals surface area (Å²) in [6.45, 7) is 8.79. The van der Waals surface area contributed by atoms with Gasteiger partial charge >= 0.3 is 0 Å². The number of likely N-dealkylation sites (N-methyl/N-ethyl adjacent to an activating group) is 1. The largest absolute Gasteiger partial charge is 0.316 e. The van der Waals surface area contributed by atoms with Crippen molar-refractivity contribution in [1.29, 1.82) is 0 Å². The smallest absolute Gasteiger partial charge is 0.0204 e. The van der Waals surface area contributed by atoms with Crippen LogP contribution in [0.5, 0.6) is 0 Å². The van der Waals surface area contributed by atoms with Gasteiger partial charge in [-0.15, -0.1) is 12.4 Å². The van der Waals surface area contributed by atoms with Crippen LogP contribution in [0.1, 0.15) is 46.0 Å². The summed E-state index contributed by atoms with van der Waals surface area (Å²) < 4.78 is 0. The second-order valence-electron chi connectivity index (χ2n) is 6.64. The topological polar surface area (TPSA) is 15.3 Å². The van der Waals surface area contributed by atoms with E-state index < -0.39 is 0 Å². The lowest BCUT2D eigenvalue weighted by Gasteiger charge is -2.36. The fraction of sp³-hybridized carbons (Fsp3) is 1.00. The molecule has 0 aromatic carbocycles. The Morgan fingerprint density at radius 1 is 1.18 bits per heavy atom. The van der Waals surface area contributed by atoms with E-state index in [0.717, 1.165) is 12.0 Å². The highest BCUT2D eigenvalue weighted by Crippen LogP contribution is 2.38. The summed E-state index contributed by atoms with van der Waals surface area (Å²) in [6, 6.07) is 0.750. The van der Waals surface area contributed by atoms with Gasteiger partial charge in [-0.3, -0.25) is 0 Å². The Morgan fingerprint density at radius 2 is 1.82 bits per heavy atom. The zero-order valence-electron chi connectivity index (χ0n) is 11.7. The van der Waals surface area contributed by atoms with E-state index in [2.05, 4.69) is 31.1 Å². The molecular weight excluding hydrogens is 232 g/mol. The molecule has 1 aliphatic carbocycles. The number of nitrogens with zero attached hydrogens (tertiary/aromatic N) is 1. The lowest BCUT2D eigenvalue weighted by molar-refractivity contribution is 0.155. The molecule has 1 heterocycles. The van der Waals surface area contributed by atoms with E-state index in [1.165, 1.54) is 51.7 Å². The first-order chi connectivity index (χ1) is 7.59. The van der Waals surface area contributed by atoms with Crippen LogP contribution in [0.15, 0.2) is 0 Å². The van der Waals surface area contributed by atoms with Crippen molar-refractivity contribution in [2.24, 2.45) is 11.3 Å². The lowest BCUT2D eigenvalue weighted by Crippen LogP contribution is -2.34. The molecule has 1 unspecified atom stereocenters. The third-order valence-corrected chi connectivity index (χ3v) is 4.66. The van der Waals surface area contributed by atoms with Gasteiger partial charge in [-0.05, 0) is 57.0 Å². The Balaban J connectivity index is 0.00000144. The molecule has 2 rings (SSSR count). The Hall–Kier alpha value is 0.210. The van der Waals surface area contributed by atoms with Crippen molar-refractivity contribution in [1.82, 2.24) is 10.2 Å². The van der Waals surface area contributed by atoms with Crippen LogP contribution in [0.25, 0.3) is 0 Å². The fourth-order valence-electron chi connectivity index (χ4n) is 3.24. The van der Waals surface area contributed by atoms with Crippen molar-refractivity contribution in [2.75, 3.05) is 26.7 Å². The monoisotopic (exact) mass is 260 g/mol. The molecule has 1 atom stereocenters. The molecule has 2 nitrogen and oxygen atoms in total. The zero-order chi connectivity index (χ0) is 11.6. The highest BCUT2D eigenvalue weighted by atomic mass is 35.5. The Morgan fingerprint density at radius 3 is 2.35 bits per heavy atom. The Kier molecular flexibility index (Phi) is 5.75. The first-order valence-electron chi connectivity index (χ1n) is 6.99. The zero-order valence-corrected chi connectivity index (χ0v) is 12.5. The molecule has 17 heavy (non-hydrogen) atoms. The predicted octanol–water partition coefficient (Wildman–Crippen LogP) is 2.92. The molecule has 102 valence electrons. The second-order valence-corrected chi connectivity index (χ2v) is 6.64. The maximum absolute atomic E-state index is 3.40. The fourth-order valence-corrected chi connectivity index (χ4v) is 3.24. The molecule has 2 aliphatic rings. The van der Waals surface area contributed by atoms with Crippen molar-refractivity contribution in [3.05, 3.63) is 0 Å². The summed E-state index contributed by atoms with van der Waals surface area (Å²) in [5.41, 5.74) is 0.620. The minimum Gasteiger partial charge on any atom is -0.316 e. The summed E-state index contributed by atoms with van der Waals surface area (Å²) in [5, 5.41) is 3.40. The highest BCUT2D eigenvalue weighted by Gasteiger charge is 2.29. The number of hydrogen-bond acceptors (Lipinski definition) is 2. The molecule has 1 saturated heterocycles. The van der Waals surface area contributed by atoms with Gasteiger partial charge in [0.05, 0.1) is 0 Å². The lowest BCUT2D eigenvalue weighted by atomic mass is 9.73. The van der Waals surface area contributed by atoms with E-state index in [1.807, 2.05) is 0 Å². The predicted molar refractivity (Wildman–Crippen MR) is 76.9 cm³/mol. The summed E-state index contributed by atoms with van der Waals surface area (Å²) in [5.74, 6) is 0.976. The quantitative estimate of drug-likeness (QED) is 0.840. The third kappa shape index (κ3) is 4.42. The maximum Gasteiger partial charge on any atom is 0.0204 e. The number of nitrogens with one attached hydrogen (secondary N) is 1. The van der Waals surface area contributed by atoms with Gasteiger partial charge in [-0.25, -0.2) is 0 Å². The Bertz CT molecular complexity index is 220. The summed E-state index contributed by atoms with van der Waals surface area (Å²) >= 11 is 0. The van der Waals surface area contributed by atoms with E-state index in [0.29, 0.717) is 5.41 Å². The standard InChI is InChI=1S/C14H28N2.ClH/c1-14(2)7-4-12(5-8-14)10-16-9-6-13(11-16)15-3;/h12-13,15H,4-11H2,1-3H3;1H. The molecule has 1 saturated carbocycles. The Labute approximate surface area is 113 Å². The number of halogens is 1. The molecule has 1 aliphatic heterocycles. The van der Waals surface area contributed by atoms with Crippen molar-refractivity contribution >= 4 is 12.4 Å².